The van der Waals surface area contributed by atoms with E-state index in [1.165, 1.54) is 5.56 Å². The predicted octanol–water partition coefficient (Wildman–Crippen LogP) is 4.32. The Labute approximate surface area is 199 Å². The van der Waals surface area contributed by atoms with Crippen molar-refractivity contribution in [3.63, 3.8) is 0 Å². The average molecular weight is 470 g/mol. The van der Waals surface area contributed by atoms with Crippen molar-refractivity contribution in [2.24, 2.45) is 0 Å². The van der Waals surface area contributed by atoms with Crippen molar-refractivity contribution >= 4 is 22.6 Å². The highest BCUT2D eigenvalue weighted by atomic mass is 32.2. The zero-order chi connectivity index (χ0) is 23.5. The maximum Gasteiger partial charge on any atom is 0.407 e. The molecular formula is C26H35N3O3S. The molecule has 2 atom stereocenters. The van der Waals surface area contributed by atoms with Crippen LogP contribution < -0.4 is 10.2 Å². The first-order valence-electron chi connectivity index (χ1n) is 11.8. The first-order chi connectivity index (χ1) is 15.8. The highest BCUT2D eigenvalue weighted by Crippen LogP contribution is 2.38. The summed E-state index contributed by atoms with van der Waals surface area (Å²) in [5, 5.41) is 3.08. The van der Waals surface area contributed by atoms with Crippen molar-refractivity contribution in [1.29, 1.82) is 0 Å². The van der Waals surface area contributed by atoms with Gasteiger partial charge in [0, 0.05) is 60.7 Å². The quantitative estimate of drug-likeness (QED) is 0.707. The zero-order valence-electron chi connectivity index (χ0n) is 20.0. The number of alkyl carbamates (subject to hydrolysis) is 1. The van der Waals surface area contributed by atoms with Crippen LogP contribution in [-0.4, -0.2) is 59.0 Å². The Balaban J connectivity index is 1.52. The minimum Gasteiger partial charge on any atom is -0.447 e. The van der Waals surface area contributed by atoms with Crippen molar-refractivity contribution in [1.82, 2.24) is 10.2 Å². The van der Waals surface area contributed by atoms with Crippen molar-refractivity contribution < 1.29 is 13.7 Å². The molecule has 2 aliphatic rings. The van der Waals surface area contributed by atoms with Gasteiger partial charge in [-0.25, -0.2) is 4.79 Å². The van der Waals surface area contributed by atoms with Gasteiger partial charge < -0.3 is 15.0 Å². The fraction of sp³-hybridized carbons (Fsp3) is 0.500. The highest BCUT2D eigenvalue weighted by Gasteiger charge is 2.30. The summed E-state index contributed by atoms with van der Waals surface area (Å²) in [6.45, 7) is 8.60. The number of anilines is 1. The number of nitrogens with zero attached hydrogens (tertiary/aromatic N) is 2. The van der Waals surface area contributed by atoms with E-state index in [0.717, 1.165) is 59.9 Å². The second-order valence-corrected chi connectivity index (χ2v) is 11.1. The Hall–Kier alpha value is -2.38. The molecule has 0 saturated carbocycles. The van der Waals surface area contributed by atoms with E-state index >= 15 is 0 Å². The van der Waals surface area contributed by atoms with E-state index in [0.29, 0.717) is 6.04 Å². The van der Waals surface area contributed by atoms with Crippen LogP contribution in [0.3, 0.4) is 0 Å². The zero-order valence-corrected chi connectivity index (χ0v) is 20.9. The lowest BCUT2D eigenvalue weighted by Gasteiger charge is -2.39. The largest absolute Gasteiger partial charge is 0.447 e. The molecule has 33 heavy (non-hydrogen) atoms. The smallest absolute Gasteiger partial charge is 0.407 e. The van der Waals surface area contributed by atoms with Crippen LogP contribution in [-0.2, 0) is 22.1 Å². The standard InChI is InChI=1S/C26H35N3O3S/c1-18(2)32-26(30)27-24-15-19(3)28(4)25-10-9-22(16-23(24)25)21-7-5-20(6-8-21)17-29-11-13-33(31)14-12-29/h5-10,16,18-19,24H,11-15,17H2,1-4H3,(H,27,30). The summed E-state index contributed by atoms with van der Waals surface area (Å²) in [5.74, 6) is 1.56. The number of amides is 1. The molecule has 0 bridgehead atoms. The molecular weight excluding hydrogens is 434 g/mol. The Bertz CT molecular complexity index is 998. The number of benzene rings is 2. The summed E-state index contributed by atoms with van der Waals surface area (Å²) in [6, 6.07) is 15.5. The molecule has 4 rings (SSSR count). The molecule has 1 amide bonds. The van der Waals surface area contributed by atoms with Crippen molar-refractivity contribution in [2.75, 3.05) is 36.5 Å². The van der Waals surface area contributed by atoms with Gasteiger partial charge in [-0.15, -0.1) is 0 Å². The lowest BCUT2D eigenvalue weighted by molar-refractivity contribution is 0.111. The third kappa shape index (κ3) is 5.76. The molecule has 2 aromatic rings. The van der Waals surface area contributed by atoms with Gasteiger partial charge in [0.05, 0.1) is 12.1 Å². The van der Waals surface area contributed by atoms with Gasteiger partial charge in [-0.05, 0) is 61.6 Å². The number of hydrogen-bond donors (Lipinski definition) is 1. The Morgan fingerprint density at radius 1 is 1.12 bits per heavy atom. The SMILES string of the molecule is CC(C)OC(=O)NC1CC(C)N(C)c2ccc(-c3ccc(CN4CCS(=O)CC4)cc3)cc21. The molecule has 2 unspecified atom stereocenters. The van der Waals surface area contributed by atoms with E-state index in [1.54, 1.807) is 0 Å². The summed E-state index contributed by atoms with van der Waals surface area (Å²) in [5.41, 5.74) is 5.84. The first-order valence-corrected chi connectivity index (χ1v) is 13.3. The Morgan fingerprint density at radius 3 is 2.45 bits per heavy atom. The maximum absolute atomic E-state index is 12.3. The number of carbonyl (C=O) groups excluding carboxylic acids is 1. The third-order valence-electron chi connectivity index (χ3n) is 6.62. The van der Waals surface area contributed by atoms with Gasteiger partial charge in [-0.2, -0.15) is 0 Å². The molecule has 1 fully saturated rings. The highest BCUT2D eigenvalue weighted by molar-refractivity contribution is 7.85. The Morgan fingerprint density at radius 2 is 1.79 bits per heavy atom. The number of nitrogens with one attached hydrogen (secondary N) is 1. The van der Waals surface area contributed by atoms with Crippen molar-refractivity contribution in [3.05, 3.63) is 53.6 Å². The number of rotatable bonds is 5. The molecule has 6 nitrogen and oxygen atoms in total. The van der Waals surface area contributed by atoms with Crippen LogP contribution in [0.25, 0.3) is 11.1 Å². The molecule has 0 aromatic heterocycles. The summed E-state index contributed by atoms with van der Waals surface area (Å²) in [6.07, 6.45) is 0.318. The monoisotopic (exact) mass is 469 g/mol. The lowest BCUT2D eigenvalue weighted by atomic mass is 9.89. The summed E-state index contributed by atoms with van der Waals surface area (Å²) in [7, 11) is 1.46. The number of ether oxygens (including phenoxy) is 1. The first kappa shape index (κ1) is 23.8. The van der Waals surface area contributed by atoms with E-state index < -0.39 is 10.8 Å². The molecule has 1 N–H and O–H groups in total. The molecule has 2 aliphatic heterocycles. The second kappa shape index (κ2) is 10.3. The molecule has 178 valence electrons. The summed E-state index contributed by atoms with van der Waals surface area (Å²) < 4.78 is 16.9. The van der Waals surface area contributed by atoms with Crippen LogP contribution in [0.2, 0.25) is 0 Å². The van der Waals surface area contributed by atoms with E-state index in [-0.39, 0.29) is 18.2 Å². The van der Waals surface area contributed by atoms with Crippen LogP contribution in [0.1, 0.15) is 44.4 Å². The van der Waals surface area contributed by atoms with Crippen LogP contribution in [0.4, 0.5) is 10.5 Å². The molecule has 7 heteroatoms. The fourth-order valence-electron chi connectivity index (χ4n) is 4.62. The number of hydrogen-bond acceptors (Lipinski definition) is 5. The van der Waals surface area contributed by atoms with E-state index in [2.05, 4.69) is 71.6 Å². The van der Waals surface area contributed by atoms with Crippen LogP contribution in [0.15, 0.2) is 42.5 Å². The summed E-state index contributed by atoms with van der Waals surface area (Å²) in [4.78, 5) is 17.0. The van der Waals surface area contributed by atoms with E-state index in [9.17, 15) is 9.00 Å². The topological polar surface area (TPSA) is 61.9 Å². The van der Waals surface area contributed by atoms with Crippen molar-refractivity contribution in [2.45, 2.75) is 51.9 Å². The van der Waals surface area contributed by atoms with Crippen molar-refractivity contribution in [3.8, 4) is 11.1 Å². The molecule has 2 heterocycles. The third-order valence-corrected chi connectivity index (χ3v) is 7.90. The van der Waals surface area contributed by atoms with Gasteiger partial charge >= 0.3 is 6.09 Å². The number of fused-ring (bicyclic) bond motifs is 1. The van der Waals surface area contributed by atoms with E-state index in [1.807, 2.05) is 13.8 Å². The molecule has 0 aliphatic carbocycles. The predicted molar refractivity (Wildman–Crippen MR) is 135 cm³/mol. The average Bonchev–Trinajstić information content (AvgIpc) is 2.78. The van der Waals surface area contributed by atoms with Gasteiger partial charge in [0.25, 0.3) is 0 Å². The van der Waals surface area contributed by atoms with E-state index in [4.69, 9.17) is 4.74 Å². The molecule has 0 radical (unpaired) electrons. The van der Waals surface area contributed by atoms with Gasteiger partial charge in [0.1, 0.15) is 0 Å². The van der Waals surface area contributed by atoms with Crippen LogP contribution >= 0.6 is 0 Å². The molecule has 0 spiro atoms. The minimum absolute atomic E-state index is 0.0821. The second-order valence-electron chi connectivity index (χ2n) is 9.44. The van der Waals surface area contributed by atoms with Gasteiger partial charge in [0.2, 0.25) is 0 Å². The molecule has 1 saturated heterocycles. The lowest BCUT2D eigenvalue weighted by Crippen LogP contribution is -2.41. The van der Waals surface area contributed by atoms with Crippen LogP contribution in [0.5, 0.6) is 0 Å². The normalized spacial score (nSPS) is 21.7. The fourth-order valence-corrected chi connectivity index (χ4v) is 5.75. The minimum atomic E-state index is -0.643. The van der Waals surface area contributed by atoms with Gasteiger partial charge in [-0.3, -0.25) is 9.11 Å². The van der Waals surface area contributed by atoms with Gasteiger partial charge in [0.15, 0.2) is 0 Å². The molecule has 2 aromatic carbocycles. The Kier molecular flexibility index (Phi) is 7.39. The van der Waals surface area contributed by atoms with Crippen LogP contribution in [0, 0.1) is 0 Å². The number of carbonyl (C=O) groups is 1. The maximum atomic E-state index is 12.3. The summed E-state index contributed by atoms with van der Waals surface area (Å²) >= 11 is 0. The van der Waals surface area contributed by atoms with Gasteiger partial charge in [-0.1, -0.05) is 30.3 Å².